The number of anilines is 1. The van der Waals surface area contributed by atoms with Gasteiger partial charge in [-0.3, -0.25) is 10.1 Å². The number of rotatable bonds is 10. The Morgan fingerprint density at radius 2 is 1.47 bits per heavy atom. The molecule has 3 aromatic carbocycles. The second-order valence-corrected chi connectivity index (χ2v) is 6.56. The summed E-state index contributed by atoms with van der Waals surface area (Å²) in [5, 5.41) is 13.9. The normalized spacial score (nSPS) is 10.3. The molecular weight excluding hydrogens is 384 g/mol. The summed E-state index contributed by atoms with van der Waals surface area (Å²) in [6.07, 6.45) is 0.797. The van der Waals surface area contributed by atoms with Crippen LogP contribution in [0.2, 0.25) is 0 Å². The minimum absolute atomic E-state index is 0.0831. The predicted octanol–water partition coefficient (Wildman–Crippen LogP) is 5.16. The molecule has 0 atom stereocenters. The molecule has 0 aromatic heterocycles. The van der Waals surface area contributed by atoms with Crippen LogP contribution in [0.4, 0.5) is 11.4 Å². The standard InChI is InChI=1S/C23H24N2O5/c1-28-22-14-18(15-23(16-22)29-2)17-4-10-21(11-5-17)30-13-3-12-24-19-6-8-20(9-7-19)25(26)27/h4-11,14-16,24H,3,12-13H2,1-2H3. The molecule has 0 radical (unpaired) electrons. The summed E-state index contributed by atoms with van der Waals surface area (Å²) in [4.78, 5) is 10.3. The van der Waals surface area contributed by atoms with Crippen LogP contribution in [0.15, 0.2) is 66.7 Å². The first kappa shape index (κ1) is 21.0. The van der Waals surface area contributed by atoms with Gasteiger partial charge in [-0.1, -0.05) is 12.1 Å². The molecule has 0 aliphatic rings. The van der Waals surface area contributed by atoms with Crippen molar-refractivity contribution in [2.75, 3.05) is 32.7 Å². The van der Waals surface area contributed by atoms with E-state index in [1.54, 1.807) is 26.4 Å². The van der Waals surface area contributed by atoms with Crippen LogP contribution in [0.1, 0.15) is 6.42 Å². The lowest BCUT2D eigenvalue weighted by Crippen LogP contribution is -2.07. The van der Waals surface area contributed by atoms with Gasteiger partial charge >= 0.3 is 0 Å². The number of non-ortho nitro benzene ring substituents is 1. The van der Waals surface area contributed by atoms with Gasteiger partial charge in [-0.2, -0.15) is 0 Å². The third-order valence-corrected chi connectivity index (χ3v) is 4.54. The monoisotopic (exact) mass is 408 g/mol. The number of nitrogens with one attached hydrogen (secondary N) is 1. The molecule has 1 N–H and O–H groups in total. The zero-order valence-electron chi connectivity index (χ0n) is 17.0. The average Bonchev–Trinajstić information content (AvgIpc) is 2.79. The van der Waals surface area contributed by atoms with Crippen molar-refractivity contribution < 1.29 is 19.1 Å². The zero-order chi connectivity index (χ0) is 21.3. The maximum absolute atomic E-state index is 10.7. The van der Waals surface area contributed by atoms with Crippen molar-refractivity contribution in [3.63, 3.8) is 0 Å². The number of nitrogens with zero attached hydrogens (tertiary/aromatic N) is 1. The van der Waals surface area contributed by atoms with Crippen molar-refractivity contribution in [2.24, 2.45) is 0 Å². The lowest BCUT2D eigenvalue weighted by atomic mass is 10.0. The van der Waals surface area contributed by atoms with E-state index in [0.29, 0.717) is 13.2 Å². The summed E-state index contributed by atoms with van der Waals surface area (Å²) in [5.74, 6) is 2.28. The van der Waals surface area contributed by atoms with Gasteiger partial charge in [0.05, 0.1) is 25.7 Å². The van der Waals surface area contributed by atoms with Crippen molar-refractivity contribution in [1.29, 1.82) is 0 Å². The maximum Gasteiger partial charge on any atom is 0.269 e. The Kier molecular flexibility index (Phi) is 7.10. The maximum atomic E-state index is 10.7. The molecule has 0 bridgehead atoms. The van der Waals surface area contributed by atoms with Crippen LogP contribution in [-0.2, 0) is 0 Å². The van der Waals surface area contributed by atoms with Gasteiger partial charge in [0, 0.05) is 30.4 Å². The third-order valence-electron chi connectivity index (χ3n) is 4.54. The number of nitro benzene ring substituents is 1. The van der Waals surface area contributed by atoms with Gasteiger partial charge < -0.3 is 19.5 Å². The van der Waals surface area contributed by atoms with E-state index in [0.717, 1.165) is 40.5 Å². The SMILES string of the molecule is COc1cc(OC)cc(-c2ccc(OCCCNc3ccc([N+](=O)[O-])cc3)cc2)c1. The van der Waals surface area contributed by atoms with E-state index in [1.807, 2.05) is 42.5 Å². The van der Waals surface area contributed by atoms with Gasteiger partial charge in [-0.05, 0) is 53.9 Å². The molecule has 30 heavy (non-hydrogen) atoms. The highest BCUT2D eigenvalue weighted by atomic mass is 16.6. The number of methoxy groups -OCH3 is 2. The fourth-order valence-electron chi connectivity index (χ4n) is 2.91. The van der Waals surface area contributed by atoms with E-state index in [9.17, 15) is 10.1 Å². The molecule has 156 valence electrons. The third kappa shape index (κ3) is 5.64. The van der Waals surface area contributed by atoms with Gasteiger partial charge in [-0.15, -0.1) is 0 Å². The lowest BCUT2D eigenvalue weighted by molar-refractivity contribution is -0.384. The topological polar surface area (TPSA) is 82.9 Å². The Balaban J connectivity index is 1.47. The van der Waals surface area contributed by atoms with Crippen LogP contribution in [0.25, 0.3) is 11.1 Å². The molecule has 0 amide bonds. The van der Waals surface area contributed by atoms with Crippen LogP contribution in [-0.4, -0.2) is 32.3 Å². The number of hydrogen-bond acceptors (Lipinski definition) is 6. The number of benzene rings is 3. The van der Waals surface area contributed by atoms with E-state index in [-0.39, 0.29) is 5.69 Å². The highest BCUT2D eigenvalue weighted by molar-refractivity contribution is 5.68. The van der Waals surface area contributed by atoms with E-state index in [1.165, 1.54) is 12.1 Å². The fraction of sp³-hybridized carbons (Fsp3) is 0.217. The van der Waals surface area contributed by atoms with Crippen LogP contribution >= 0.6 is 0 Å². The minimum Gasteiger partial charge on any atom is -0.497 e. The molecule has 0 saturated heterocycles. The molecule has 3 rings (SSSR count). The van der Waals surface area contributed by atoms with Gasteiger partial charge in [0.15, 0.2) is 0 Å². The average molecular weight is 408 g/mol. The molecular formula is C23H24N2O5. The Labute approximate surface area is 175 Å². The molecule has 0 aliphatic carbocycles. The van der Waals surface area contributed by atoms with E-state index in [2.05, 4.69) is 5.32 Å². The molecule has 3 aromatic rings. The molecule has 0 spiro atoms. The van der Waals surface area contributed by atoms with Crippen molar-refractivity contribution in [3.8, 4) is 28.4 Å². The first-order valence-corrected chi connectivity index (χ1v) is 9.53. The van der Waals surface area contributed by atoms with Gasteiger partial charge in [-0.25, -0.2) is 0 Å². The summed E-state index contributed by atoms with van der Waals surface area (Å²) in [6.45, 7) is 1.27. The summed E-state index contributed by atoms with van der Waals surface area (Å²) in [7, 11) is 3.26. The second-order valence-electron chi connectivity index (χ2n) is 6.56. The van der Waals surface area contributed by atoms with Crippen molar-refractivity contribution in [3.05, 3.63) is 76.8 Å². The van der Waals surface area contributed by atoms with Crippen LogP contribution in [0.3, 0.4) is 0 Å². The zero-order valence-corrected chi connectivity index (χ0v) is 17.0. The van der Waals surface area contributed by atoms with Crippen LogP contribution < -0.4 is 19.5 Å². The van der Waals surface area contributed by atoms with E-state index >= 15 is 0 Å². The summed E-state index contributed by atoms with van der Waals surface area (Å²) < 4.78 is 16.4. The minimum atomic E-state index is -0.409. The molecule has 0 fully saturated rings. The Morgan fingerprint density at radius 1 is 0.833 bits per heavy atom. The molecule has 0 unspecified atom stereocenters. The van der Waals surface area contributed by atoms with E-state index in [4.69, 9.17) is 14.2 Å². The number of hydrogen-bond donors (Lipinski definition) is 1. The first-order valence-electron chi connectivity index (χ1n) is 9.53. The van der Waals surface area contributed by atoms with Crippen LogP contribution in [0.5, 0.6) is 17.2 Å². The van der Waals surface area contributed by atoms with Gasteiger partial charge in [0.25, 0.3) is 5.69 Å². The molecule has 7 heteroatoms. The molecule has 0 aliphatic heterocycles. The summed E-state index contributed by atoms with van der Waals surface area (Å²) in [6, 6.07) is 20.0. The first-order chi connectivity index (χ1) is 14.6. The molecule has 7 nitrogen and oxygen atoms in total. The lowest BCUT2D eigenvalue weighted by Gasteiger charge is -2.10. The highest BCUT2D eigenvalue weighted by Gasteiger charge is 2.05. The van der Waals surface area contributed by atoms with Crippen LogP contribution in [0, 0.1) is 10.1 Å². The highest BCUT2D eigenvalue weighted by Crippen LogP contribution is 2.30. The van der Waals surface area contributed by atoms with E-state index < -0.39 is 4.92 Å². The van der Waals surface area contributed by atoms with Gasteiger partial charge in [0.1, 0.15) is 17.2 Å². The molecule has 0 saturated carbocycles. The Morgan fingerprint density at radius 3 is 2.03 bits per heavy atom. The van der Waals surface area contributed by atoms with Crippen molar-refractivity contribution >= 4 is 11.4 Å². The van der Waals surface area contributed by atoms with Gasteiger partial charge in [0.2, 0.25) is 0 Å². The Hall–Kier alpha value is -3.74. The Bertz CT molecular complexity index is 950. The quantitative estimate of drug-likeness (QED) is 0.283. The summed E-state index contributed by atoms with van der Waals surface area (Å²) in [5.41, 5.74) is 2.97. The van der Waals surface area contributed by atoms with Crippen molar-refractivity contribution in [1.82, 2.24) is 0 Å². The van der Waals surface area contributed by atoms with Crippen molar-refractivity contribution in [2.45, 2.75) is 6.42 Å². The molecule has 0 heterocycles. The number of ether oxygens (including phenoxy) is 3. The smallest absolute Gasteiger partial charge is 0.269 e. The largest absolute Gasteiger partial charge is 0.497 e. The fourth-order valence-corrected chi connectivity index (χ4v) is 2.91. The summed E-state index contributed by atoms with van der Waals surface area (Å²) >= 11 is 0. The second kappa shape index (κ2) is 10.2. The number of nitro groups is 1. The predicted molar refractivity (Wildman–Crippen MR) is 117 cm³/mol.